The van der Waals surface area contributed by atoms with Crippen LogP contribution in [-0.4, -0.2) is 30.4 Å². The van der Waals surface area contributed by atoms with E-state index >= 15 is 0 Å². The minimum atomic E-state index is -0.425. The number of hydrogen-bond donors (Lipinski definition) is 3. The molecule has 4 N–H and O–H groups in total. The number of nitrogens with two attached hydrogens (primary N) is 1. The van der Waals surface area contributed by atoms with Crippen LogP contribution in [0.1, 0.15) is 59.3 Å². The van der Waals surface area contributed by atoms with E-state index in [0.717, 1.165) is 12.8 Å². The molecule has 5 nitrogen and oxygen atoms in total. The van der Waals surface area contributed by atoms with Crippen LogP contribution in [0.25, 0.3) is 0 Å². The van der Waals surface area contributed by atoms with Gasteiger partial charge in [-0.1, -0.05) is 33.1 Å². The van der Waals surface area contributed by atoms with Gasteiger partial charge in [0.1, 0.15) is 0 Å². The van der Waals surface area contributed by atoms with E-state index in [-0.39, 0.29) is 36.7 Å². The summed E-state index contributed by atoms with van der Waals surface area (Å²) in [5.74, 6) is 0.542. The summed E-state index contributed by atoms with van der Waals surface area (Å²) in [4.78, 5) is 23.8. The lowest BCUT2D eigenvalue weighted by Gasteiger charge is -2.33. The van der Waals surface area contributed by atoms with Crippen molar-refractivity contribution in [1.29, 1.82) is 0 Å². The van der Waals surface area contributed by atoms with Gasteiger partial charge in [-0.3, -0.25) is 9.59 Å². The third kappa shape index (κ3) is 6.97. The van der Waals surface area contributed by atoms with Gasteiger partial charge in [0.2, 0.25) is 11.8 Å². The zero-order valence-corrected chi connectivity index (χ0v) is 14.9. The third-order valence-corrected chi connectivity index (χ3v) is 4.77. The highest BCUT2D eigenvalue weighted by Crippen LogP contribution is 2.25. The molecular formula is C16H32ClN3O2. The summed E-state index contributed by atoms with van der Waals surface area (Å²) in [7, 11) is 0. The van der Waals surface area contributed by atoms with Crippen LogP contribution >= 0.6 is 12.4 Å². The number of nitrogens with one attached hydrogen (secondary N) is 2. The van der Waals surface area contributed by atoms with Gasteiger partial charge < -0.3 is 16.4 Å². The van der Waals surface area contributed by atoms with Crippen LogP contribution in [0.4, 0.5) is 0 Å². The van der Waals surface area contributed by atoms with Crippen LogP contribution in [-0.2, 0) is 9.59 Å². The molecule has 1 rings (SSSR count). The molecule has 0 spiro atoms. The van der Waals surface area contributed by atoms with E-state index in [2.05, 4.69) is 10.6 Å². The first-order valence-corrected chi connectivity index (χ1v) is 8.15. The smallest absolute Gasteiger partial charge is 0.239 e. The molecule has 0 aromatic carbocycles. The van der Waals surface area contributed by atoms with Gasteiger partial charge in [-0.05, 0) is 31.6 Å². The van der Waals surface area contributed by atoms with E-state index in [1.54, 1.807) is 0 Å². The Morgan fingerprint density at radius 2 is 1.77 bits per heavy atom. The molecule has 6 heteroatoms. The molecule has 1 fully saturated rings. The first-order chi connectivity index (χ1) is 9.87. The number of hydrogen-bond acceptors (Lipinski definition) is 3. The van der Waals surface area contributed by atoms with Crippen molar-refractivity contribution in [3.63, 3.8) is 0 Å². The number of halogens is 1. The summed E-state index contributed by atoms with van der Waals surface area (Å²) in [5, 5.41) is 5.65. The highest BCUT2D eigenvalue weighted by Gasteiger charge is 2.28. The molecule has 0 aliphatic heterocycles. The molecule has 22 heavy (non-hydrogen) atoms. The molecule has 130 valence electrons. The fraction of sp³-hybridized carbons (Fsp3) is 0.875. The van der Waals surface area contributed by atoms with Crippen LogP contribution in [0, 0.1) is 11.8 Å². The average molecular weight is 334 g/mol. The Morgan fingerprint density at radius 1 is 1.18 bits per heavy atom. The first-order valence-electron chi connectivity index (χ1n) is 8.15. The van der Waals surface area contributed by atoms with Gasteiger partial charge in [0.05, 0.1) is 12.1 Å². The largest absolute Gasteiger partial charge is 0.348 e. The molecule has 0 aromatic rings. The van der Waals surface area contributed by atoms with Gasteiger partial charge in [0.15, 0.2) is 0 Å². The molecule has 1 unspecified atom stereocenters. The number of carbonyl (C=O) groups is 2. The molecule has 2 amide bonds. The van der Waals surface area contributed by atoms with Crippen molar-refractivity contribution in [2.75, 3.05) is 13.1 Å². The number of carbonyl (C=O) groups excluding carboxylic acids is 2. The lowest BCUT2D eigenvalue weighted by Crippen LogP contribution is -2.56. The second-order valence-corrected chi connectivity index (χ2v) is 6.81. The molecule has 1 aliphatic rings. The van der Waals surface area contributed by atoms with Crippen molar-refractivity contribution in [2.24, 2.45) is 17.6 Å². The first kappa shape index (κ1) is 21.2. The van der Waals surface area contributed by atoms with Crippen molar-refractivity contribution in [2.45, 2.75) is 64.8 Å². The molecular weight excluding hydrogens is 302 g/mol. The van der Waals surface area contributed by atoms with Gasteiger partial charge >= 0.3 is 0 Å². The maximum absolute atomic E-state index is 11.9. The van der Waals surface area contributed by atoms with E-state index in [1.807, 2.05) is 20.8 Å². The average Bonchev–Trinajstić information content (AvgIpc) is 2.46. The highest BCUT2D eigenvalue weighted by molar-refractivity contribution is 5.85. The number of rotatable bonds is 7. The molecule has 0 radical (unpaired) electrons. The fourth-order valence-corrected chi connectivity index (χ4v) is 2.70. The standard InChI is InChI=1S/C16H31N3O2.ClH/c1-12(2)16(3,11-17)19-15(21)10-18-14(20)9-13-7-5-4-6-8-13;/h12-13H,4-11,17H2,1-3H3,(H,18,20)(H,19,21);1H. The lowest BCUT2D eigenvalue weighted by atomic mass is 9.87. The van der Waals surface area contributed by atoms with Crippen molar-refractivity contribution in [3.05, 3.63) is 0 Å². The van der Waals surface area contributed by atoms with Gasteiger partial charge in [-0.25, -0.2) is 0 Å². The van der Waals surface area contributed by atoms with Gasteiger partial charge in [0.25, 0.3) is 0 Å². The van der Waals surface area contributed by atoms with Crippen molar-refractivity contribution in [3.8, 4) is 0 Å². The Hall–Kier alpha value is -0.810. The van der Waals surface area contributed by atoms with Crippen molar-refractivity contribution >= 4 is 24.2 Å². The Kier molecular flexibility index (Phi) is 9.69. The SMILES string of the molecule is CC(C)C(C)(CN)NC(=O)CNC(=O)CC1CCCCC1.Cl. The second-order valence-electron chi connectivity index (χ2n) is 6.81. The van der Waals surface area contributed by atoms with Crippen LogP contribution in [0.15, 0.2) is 0 Å². The van der Waals surface area contributed by atoms with Gasteiger partial charge in [-0.15, -0.1) is 12.4 Å². The highest BCUT2D eigenvalue weighted by atomic mass is 35.5. The maximum atomic E-state index is 11.9. The Morgan fingerprint density at radius 3 is 2.27 bits per heavy atom. The van der Waals surface area contributed by atoms with E-state index < -0.39 is 5.54 Å². The topological polar surface area (TPSA) is 84.2 Å². The lowest BCUT2D eigenvalue weighted by molar-refractivity contribution is -0.127. The van der Waals surface area contributed by atoms with Gasteiger partial charge in [-0.2, -0.15) is 0 Å². The van der Waals surface area contributed by atoms with Gasteiger partial charge in [0, 0.05) is 13.0 Å². The Balaban J connectivity index is 0.00000441. The predicted molar refractivity (Wildman–Crippen MR) is 91.9 cm³/mol. The quantitative estimate of drug-likeness (QED) is 0.666. The summed E-state index contributed by atoms with van der Waals surface area (Å²) < 4.78 is 0. The van der Waals surface area contributed by atoms with Crippen LogP contribution in [0.2, 0.25) is 0 Å². The van der Waals surface area contributed by atoms with Crippen LogP contribution in [0.5, 0.6) is 0 Å². The van der Waals surface area contributed by atoms with Crippen LogP contribution in [0.3, 0.4) is 0 Å². The Bertz CT molecular complexity index is 357. The van der Waals surface area contributed by atoms with Crippen LogP contribution < -0.4 is 16.4 Å². The van der Waals surface area contributed by atoms with E-state index in [0.29, 0.717) is 18.9 Å². The number of amides is 2. The third-order valence-electron chi connectivity index (χ3n) is 4.77. The van der Waals surface area contributed by atoms with Crippen molar-refractivity contribution < 1.29 is 9.59 Å². The normalized spacial score (nSPS) is 18.2. The fourth-order valence-electron chi connectivity index (χ4n) is 2.70. The zero-order valence-electron chi connectivity index (χ0n) is 14.1. The summed E-state index contributed by atoms with van der Waals surface area (Å²) in [6.45, 7) is 6.39. The molecule has 0 heterocycles. The molecule has 0 aromatic heterocycles. The second kappa shape index (κ2) is 10.1. The summed E-state index contributed by atoms with van der Waals surface area (Å²) >= 11 is 0. The molecule has 1 aliphatic carbocycles. The Labute approximate surface area is 140 Å². The van der Waals surface area contributed by atoms with Crippen molar-refractivity contribution in [1.82, 2.24) is 10.6 Å². The monoisotopic (exact) mass is 333 g/mol. The molecule has 1 saturated carbocycles. The van der Waals surface area contributed by atoms with E-state index in [4.69, 9.17) is 5.73 Å². The summed E-state index contributed by atoms with van der Waals surface area (Å²) in [6, 6.07) is 0. The summed E-state index contributed by atoms with van der Waals surface area (Å²) in [6.07, 6.45) is 6.55. The molecule has 0 saturated heterocycles. The maximum Gasteiger partial charge on any atom is 0.239 e. The van der Waals surface area contributed by atoms with E-state index in [9.17, 15) is 9.59 Å². The van der Waals surface area contributed by atoms with E-state index in [1.165, 1.54) is 19.3 Å². The zero-order chi connectivity index (χ0) is 15.9. The molecule has 1 atom stereocenters. The molecule has 0 bridgehead atoms. The summed E-state index contributed by atoms with van der Waals surface area (Å²) in [5.41, 5.74) is 5.31. The predicted octanol–water partition coefficient (Wildman–Crippen LogP) is 1.98. The minimum Gasteiger partial charge on any atom is -0.348 e. The minimum absolute atomic E-state index is 0.